The minimum Gasteiger partial charge on any atom is -0.462 e. The SMILES string of the molecule is CCCCC(=O)OC[C@H](CS)OC(=O)CC. The van der Waals surface area contributed by atoms with Crippen LogP contribution in [-0.4, -0.2) is 30.4 Å². The van der Waals surface area contributed by atoms with Crippen LogP contribution in [0.2, 0.25) is 0 Å². The van der Waals surface area contributed by atoms with E-state index < -0.39 is 6.10 Å². The fraction of sp³-hybridized carbons (Fsp3) is 0.818. The number of carbonyl (C=O) groups excluding carboxylic acids is 2. The highest BCUT2D eigenvalue weighted by molar-refractivity contribution is 7.80. The Hall–Kier alpha value is -0.710. The van der Waals surface area contributed by atoms with Crippen molar-refractivity contribution in [3.05, 3.63) is 0 Å². The lowest BCUT2D eigenvalue weighted by Gasteiger charge is -2.15. The molecule has 4 nitrogen and oxygen atoms in total. The monoisotopic (exact) mass is 248 g/mol. The molecular formula is C11H20O4S. The van der Waals surface area contributed by atoms with E-state index in [1.54, 1.807) is 6.92 Å². The number of rotatable bonds is 8. The van der Waals surface area contributed by atoms with Gasteiger partial charge in [-0.1, -0.05) is 20.3 Å². The summed E-state index contributed by atoms with van der Waals surface area (Å²) in [7, 11) is 0. The van der Waals surface area contributed by atoms with Gasteiger partial charge in [-0.15, -0.1) is 0 Å². The molecule has 0 amide bonds. The number of thiol groups is 1. The van der Waals surface area contributed by atoms with Crippen LogP contribution in [0.1, 0.15) is 39.5 Å². The summed E-state index contributed by atoms with van der Waals surface area (Å²) in [5.74, 6) is -0.197. The van der Waals surface area contributed by atoms with Gasteiger partial charge in [0.2, 0.25) is 0 Å². The third-order valence-electron chi connectivity index (χ3n) is 1.96. The van der Waals surface area contributed by atoms with Crippen molar-refractivity contribution in [3.8, 4) is 0 Å². The van der Waals surface area contributed by atoms with Crippen molar-refractivity contribution in [2.45, 2.75) is 45.6 Å². The molecule has 16 heavy (non-hydrogen) atoms. The molecule has 0 N–H and O–H groups in total. The second-order valence-corrected chi connectivity index (χ2v) is 3.80. The van der Waals surface area contributed by atoms with Crippen molar-refractivity contribution in [1.82, 2.24) is 0 Å². The van der Waals surface area contributed by atoms with Gasteiger partial charge >= 0.3 is 11.9 Å². The molecule has 0 aliphatic carbocycles. The average molecular weight is 248 g/mol. The van der Waals surface area contributed by atoms with E-state index in [-0.39, 0.29) is 18.5 Å². The molecule has 94 valence electrons. The number of hydrogen-bond acceptors (Lipinski definition) is 5. The largest absolute Gasteiger partial charge is 0.462 e. The minimum absolute atomic E-state index is 0.0950. The summed E-state index contributed by atoms with van der Waals surface area (Å²) < 4.78 is 9.99. The van der Waals surface area contributed by atoms with Crippen LogP contribution in [0.3, 0.4) is 0 Å². The van der Waals surface area contributed by atoms with Gasteiger partial charge in [0, 0.05) is 18.6 Å². The van der Waals surface area contributed by atoms with E-state index in [1.165, 1.54) is 0 Å². The fourth-order valence-corrected chi connectivity index (χ4v) is 1.15. The average Bonchev–Trinajstić information content (AvgIpc) is 2.31. The lowest BCUT2D eigenvalue weighted by molar-refractivity contribution is -0.157. The van der Waals surface area contributed by atoms with Gasteiger partial charge in [-0.2, -0.15) is 12.6 Å². The van der Waals surface area contributed by atoms with E-state index in [0.29, 0.717) is 18.6 Å². The molecule has 0 saturated heterocycles. The highest BCUT2D eigenvalue weighted by atomic mass is 32.1. The van der Waals surface area contributed by atoms with Crippen molar-refractivity contribution in [2.75, 3.05) is 12.4 Å². The van der Waals surface area contributed by atoms with Crippen LogP contribution in [0.5, 0.6) is 0 Å². The summed E-state index contributed by atoms with van der Waals surface area (Å²) >= 11 is 4.03. The Balaban J connectivity index is 3.77. The first kappa shape index (κ1) is 15.3. The highest BCUT2D eigenvalue weighted by Crippen LogP contribution is 2.02. The van der Waals surface area contributed by atoms with Crippen molar-refractivity contribution < 1.29 is 19.1 Å². The minimum atomic E-state index is -0.443. The summed E-state index contributed by atoms with van der Waals surface area (Å²) in [6.07, 6.45) is 2.06. The topological polar surface area (TPSA) is 52.6 Å². The Bertz CT molecular complexity index is 218. The van der Waals surface area contributed by atoms with Gasteiger partial charge in [0.15, 0.2) is 0 Å². The molecular weight excluding hydrogens is 228 g/mol. The van der Waals surface area contributed by atoms with Gasteiger partial charge in [-0.3, -0.25) is 9.59 Å². The molecule has 0 aliphatic rings. The van der Waals surface area contributed by atoms with Crippen LogP contribution in [0, 0.1) is 0 Å². The van der Waals surface area contributed by atoms with Gasteiger partial charge in [-0.25, -0.2) is 0 Å². The summed E-state index contributed by atoms with van der Waals surface area (Å²) in [6.45, 7) is 3.82. The molecule has 0 fully saturated rings. The Morgan fingerprint density at radius 1 is 1.25 bits per heavy atom. The summed E-state index contributed by atoms with van der Waals surface area (Å²) in [4.78, 5) is 22.2. The van der Waals surface area contributed by atoms with Crippen LogP contribution < -0.4 is 0 Å². The molecule has 0 aromatic heterocycles. The smallest absolute Gasteiger partial charge is 0.305 e. The summed E-state index contributed by atoms with van der Waals surface area (Å²) in [5, 5.41) is 0. The van der Waals surface area contributed by atoms with Crippen LogP contribution in [0.15, 0.2) is 0 Å². The fourth-order valence-electron chi connectivity index (χ4n) is 0.972. The normalized spacial score (nSPS) is 11.9. The third-order valence-corrected chi connectivity index (χ3v) is 2.36. The summed E-state index contributed by atoms with van der Waals surface area (Å²) in [5.41, 5.74) is 0. The van der Waals surface area contributed by atoms with Crippen molar-refractivity contribution in [3.63, 3.8) is 0 Å². The summed E-state index contributed by atoms with van der Waals surface area (Å²) in [6, 6.07) is 0. The first-order valence-corrected chi connectivity index (χ1v) is 6.23. The molecule has 0 unspecified atom stereocenters. The molecule has 0 radical (unpaired) electrons. The molecule has 1 atom stereocenters. The van der Waals surface area contributed by atoms with Gasteiger partial charge in [0.25, 0.3) is 0 Å². The molecule has 0 spiro atoms. The maximum absolute atomic E-state index is 11.2. The molecule has 0 aromatic rings. The Labute approximate surface area is 102 Å². The van der Waals surface area contributed by atoms with Gasteiger partial charge < -0.3 is 9.47 Å². The molecule has 0 bridgehead atoms. The van der Waals surface area contributed by atoms with Gasteiger partial charge in [0.1, 0.15) is 12.7 Å². The Kier molecular flexibility index (Phi) is 9.09. The number of esters is 2. The number of ether oxygens (including phenoxy) is 2. The number of carbonyl (C=O) groups is 2. The van der Waals surface area contributed by atoms with Crippen molar-refractivity contribution in [1.29, 1.82) is 0 Å². The lowest BCUT2D eigenvalue weighted by Crippen LogP contribution is -2.26. The molecule has 0 rings (SSSR count). The van der Waals surface area contributed by atoms with Gasteiger partial charge in [0.05, 0.1) is 0 Å². The standard InChI is InChI=1S/C11H20O4S/c1-3-5-6-11(13)14-7-9(8-16)15-10(12)4-2/h9,16H,3-8H2,1-2H3/t9-/m1/s1. The first-order chi connectivity index (χ1) is 7.63. The molecule has 0 saturated carbocycles. The predicted molar refractivity (Wildman–Crippen MR) is 64.5 cm³/mol. The quantitative estimate of drug-likeness (QED) is 0.527. The Morgan fingerprint density at radius 2 is 1.94 bits per heavy atom. The molecule has 0 aromatic carbocycles. The first-order valence-electron chi connectivity index (χ1n) is 5.59. The maximum Gasteiger partial charge on any atom is 0.305 e. The zero-order valence-electron chi connectivity index (χ0n) is 9.90. The van der Waals surface area contributed by atoms with Crippen molar-refractivity contribution >= 4 is 24.6 Å². The highest BCUT2D eigenvalue weighted by Gasteiger charge is 2.14. The molecule has 5 heteroatoms. The zero-order chi connectivity index (χ0) is 12.4. The third kappa shape index (κ3) is 7.56. The van der Waals surface area contributed by atoms with Gasteiger partial charge in [-0.05, 0) is 6.42 Å². The zero-order valence-corrected chi connectivity index (χ0v) is 10.8. The van der Waals surface area contributed by atoms with E-state index in [0.717, 1.165) is 12.8 Å². The van der Waals surface area contributed by atoms with E-state index in [1.807, 2.05) is 6.92 Å². The van der Waals surface area contributed by atoms with Crippen LogP contribution >= 0.6 is 12.6 Å². The van der Waals surface area contributed by atoms with Crippen LogP contribution in [0.4, 0.5) is 0 Å². The maximum atomic E-state index is 11.2. The van der Waals surface area contributed by atoms with E-state index in [4.69, 9.17) is 9.47 Å². The number of unbranched alkanes of at least 4 members (excludes halogenated alkanes) is 1. The van der Waals surface area contributed by atoms with Crippen LogP contribution in [-0.2, 0) is 19.1 Å². The van der Waals surface area contributed by atoms with E-state index in [9.17, 15) is 9.59 Å². The number of hydrogen-bond donors (Lipinski definition) is 1. The van der Waals surface area contributed by atoms with Crippen LogP contribution in [0.25, 0.3) is 0 Å². The lowest BCUT2D eigenvalue weighted by atomic mass is 10.2. The van der Waals surface area contributed by atoms with E-state index >= 15 is 0 Å². The van der Waals surface area contributed by atoms with E-state index in [2.05, 4.69) is 12.6 Å². The predicted octanol–water partition coefficient (Wildman–Crippen LogP) is 1.97. The molecule has 0 aliphatic heterocycles. The second-order valence-electron chi connectivity index (χ2n) is 3.43. The molecule has 0 heterocycles. The second kappa shape index (κ2) is 9.51. The van der Waals surface area contributed by atoms with Crippen molar-refractivity contribution in [2.24, 2.45) is 0 Å². The Morgan fingerprint density at radius 3 is 2.44 bits per heavy atom.